The van der Waals surface area contributed by atoms with Crippen LogP contribution in [0.15, 0.2) is 39.6 Å². The van der Waals surface area contributed by atoms with E-state index < -0.39 is 9.84 Å². The smallest absolute Gasteiger partial charge is 0.261 e. The molecule has 4 rings (SSSR count). The van der Waals surface area contributed by atoms with Gasteiger partial charge >= 0.3 is 0 Å². The van der Waals surface area contributed by atoms with Crippen LogP contribution >= 0.6 is 11.3 Å². The average Bonchev–Trinajstić information content (AvgIpc) is 3.35. The summed E-state index contributed by atoms with van der Waals surface area (Å²) in [6.45, 7) is 1.89. The van der Waals surface area contributed by atoms with E-state index in [0.717, 1.165) is 31.2 Å². The summed E-state index contributed by atoms with van der Waals surface area (Å²) >= 11 is 1.51. The predicted octanol–water partition coefficient (Wildman–Crippen LogP) is 4.11. The van der Waals surface area contributed by atoms with Crippen LogP contribution in [0.25, 0.3) is 11.3 Å². The SMILES string of the molecule is CCc1oc(-c2ccccc2S(C)(=O)=O)cc1C(=O)Nc1nc2c(s1)CCC2. The highest BCUT2D eigenvalue weighted by Gasteiger charge is 2.23. The summed E-state index contributed by atoms with van der Waals surface area (Å²) < 4.78 is 30.1. The van der Waals surface area contributed by atoms with Crippen molar-refractivity contribution >= 4 is 32.2 Å². The second-order valence-electron chi connectivity index (χ2n) is 6.77. The fourth-order valence-electron chi connectivity index (χ4n) is 3.42. The molecule has 0 saturated carbocycles. The number of rotatable bonds is 5. The van der Waals surface area contributed by atoms with Crippen molar-refractivity contribution in [2.45, 2.75) is 37.5 Å². The van der Waals surface area contributed by atoms with Crippen LogP contribution in [0.5, 0.6) is 0 Å². The molecule has 8 heteroatoms. The maximum atomic E-state index is 12.8. The van der Waals surface area contributed by atoms with Gasteiger partial charge in [0.05, 0.1) is 16.2 Å². The summed E-state index contributed by atoms with van der Waals surface area (Å²) in [5, 5.41) is 3.46. The quantitative estimate of drug-likeness (QED) is 0.676. The van der Waals surface area contributed by atoms with Crippen molar-refractivity contribution in [2.24, 2.45) is 0 Å². The summed E-state index contributed by atoms with van der Waals surface area (Å²) in [6, 6.07) is 8.24. The number of sulfone groups is 1. The lowest BCUT2D eigenvalue weighted by molar-refractivity contribution is 0.102. The zero-order valence-electron chi connectivity index (χ0n) is 15.6. The minimum absolute atomic E-state index is 0.176. The van der Waals surface area contributed by atoms with Gasteiger partial charge in [0.1, 0.15) is 11.5 Å². The first-order valence-corrected chi connectivity index (χ1v) is 11.8. The molecule has 1 aliphatic carbocycles. The lowest BCUT2D eigenvalue weighted by atomic mass is 10.1. The molecule has 3 aromatic rings. The van der Waals surface area contributed by atoms with Crippen molar-refractivity contribution in [3.63, 3.8) is 0 Å². The zero-order chi connectivity index (χ0) is 19.9. The Morgan fingerprint density at radius 1 is 1.29 bits per heavy atom. The maximum absolute atomic E-state index is 12.8. The number of thiazole rings is 1. The van der Waals surface area contributed by atoms with Gasteiger partial charge in [-0.2, -0.15) is 0 Å². The van der Waals surface area contributed by atoms with Crippen molar-refractivity contribution in [3.05, 3.63) is 52.2 Å². The van der Waals surface area contributed by atoms with Crippen LogP contribution in [-0.2, 0) is 29.1 Å². The highest BCUT2D eigenvalue weighted by Crippen LogP contribution is 2.33. The molecule has 28 heavy (non-hydrogen) atoms. The summed E-state index contributed by atoms with van der Waals surface area (Å²) in [5.41, 5.74) is 1.93. The fourth-order valence-corrected chi connectivity index (χ4v) is 5.36. The van der Waals surface area contributed by atoms with Crippen LogP contribution in [0.3, 0.4) is 0 Å². The Bertz CT molecular complexity index is 1140. The predicted molar refractivity (Wildman–Crippen MR) is 109 cm³/mol. The van der Waals surface area contributed by atoms with Crippen LogP contribution in [0.1, 0.15) is 40.0 Å². The topological polar surface area (TPSA) is 89.3 Å². The van der Waals surface area contributed by atoms with Crippen LogP contribution < -0.4 is 5.32 Å². The standard InChI is InChI=1S/C20H20N2O4S2/c1-3-15-13(19(23)22-20-21-14-8-6-9-17(14)27-20)11-16(26-15)12-7-4-5-10-18(12)28(2,24)25/h4-5,7,10-11H,3,6,8-9H2,1-2H3,(H,21,22,23). The number of nitrogens with one attached hydrogen (secondary N) is 1. The minimum atomic E-state index is -3.43. The van der Waals surface area contributed by atoms with Gasteiger partial charge in [-0.25, -0.2) is 13.4 Å². The first kappa shape index (κ1) is 18.9. The van der Waals surface area contributed by atoms with Gasteiger partial charge in [0.2, 0.25) is 0 Å². The van der Waals surface area contributed by atoms with Gasteiger partial charge in [0, 0.05) is 23.1 Å². The van der Waals surface area contributed by atoms with E-state index in [4.69, 9.17) is 4.42 Å². The van der Waals surface area contributed by atoms with Gasteiger partial charge < -0.3 is 4.42 Å². The van der Waals surface area contributed by atoms with Crippen molar-refractivity contribution in [1.29, 1.82) is 0 Å². The molecule has 6 nitrogen and oxygen atoms in total. The summed E-state index contributed by atoms with van der Waals surface area (Å²) in [5.74, 6) is 0.584. The second-order valence-corrected chi connectivity index (χ2v) is 9.83. The van der Waals surface area contributed by atoms with Crippen molar-refractivity contribution < 1.29 is 17.6 Å². The number of anilines is 1. The first-order valence-electron chi connectivity index (χ1n) is 9.09. The van der Waals surface area contributed by atoms with E-state index in [0.29, 0.717) is 34.2 Å². The Kier molecular flexibility index (Phi) is 4.84. The molecule has 1 aliphatic rings. The lowest BCUT2D eigenvalue weighted by Gasteiger charge is -2.04. The number of hydrogen-bond donors (Lipinski definition) is 1. The lowest BCUT2D eigenvalue weighted by Crippen LogP contribution is -2.12. The molecule has 0 aliphatic heterocycles. The number of fused-ring (bicyclic) bond motifs is 1. The van der Waals surface area contributed by atoms with Crippen LogP contribution in [0, 0.1) is 0 Å². The number of nitrogens with zero attached hydrogens (tertiary/aromatic N) is 1. The molecule has 1 amide bonds. The molecule has 0 spiro atoms. The van der Waals surface area contributed by atoms with Gasteiger partial charge in [0.15, 0.2) is 15.0 Å². The maximum Gasteiger partial charge on any atom is 0.261 e. The van der Waals surface area contributed by atoms with Crippen molar-refractivity contribution in [1.82, 2.24) is 4.98 Å². The van der Waals surface area contributed by atoms with E-state index >= 15 is 0 Å². The molecule has 2 heterocycles. The van der Waals surface area contributed by atoms with E-state index in [2.05, 4.69) is 10.3 Å². The minimum Gasteiger partial charge on any atom is -0.460 e. The molecule has 146 valence electrons. The molecule has 0 bridgehead atoms. The molecule has 0 unspecified atom stereocenters. The summed E-state index contributed by atoms with van der Waals surface area (Å²) in [7, 11) is -3.43. The first-order chi connectivity index (χ1) is 13.4. The van der Waals surface area contributed by atoms with Gasteiger partial charge in [-0.05, 0) is 37.5 Å². The molecular formula is C20H20N2O4S2. The van der Waals surface area contributed by atoms with Crippen molar-refractivity contribution in [3.8, 4) is 11.3 Å². The number of aromatic nitrogens is 1. The van der Waals surface area contributed by atoms with Crippen LogP contribution in [0.4, 0.5) is 5.13 Å². The zero-order valence-corrected chi connectivity index (χ0v) is 17.2. The molecule has 1 N–H and O–H groups in total. The highest BCUT2D eigenvalue weighted by atomic mass is 32.2. The molecule has 0 atom stereocenters. The summed E-state index contributed by atoms with van der Waals surface area (Å²) in [4.78, 5) is 18.7. The number of furan rings is 1. The van der Waals surface area contributed by atoms with Gasteiger partial charge in [-0.15, -0.1) is 11.3 Å². The van der Waals surface area contributed by atoms with E-state index in [-0.39, 0.29) is 10.8 Å². The Hall–Kier alpha value is -2.45. The Morgan fingerprint density at radius 3 is 2.79 bits per heavy atom. The fraction of sp³-hybridized carbons (Fsp3) is 0.300. The number of aryl methyl sites for hydroxylation is 3. The molecule has 2 aromatic heterocycles. The molecule has 0 saturated heterocycles. The largest absolute Gasteiger partial charge is 0.460 e. The normalized spacial score (nSPS) is 13.5. The molecular weight excluding hydrogens is 396 g/mol. The van der Waals surface area contributed by atoms with Crippen LogP contribution in [-0.4, -0.2) is 25.6 Å². The van der Waals surface area contributed by atoms with Crippen molar-refractivity contribution in [2.75, 3.05) is 11.6 Å². The second kappa shape index (κ2) is 7.18. The van der Waals surface area contributed by atoms with Crippen LogP contribution in [0.2, 0.25) is 0 Å². The number of carbonyl (C=O) groups excluding carboxylic acids is 1. The highest BCUT2D eigenvalue weighted by molar-refractivity contribution is 7.90. The Labute approximate surface area is 167 Å². The number of amides is 1. The Morgan fingerprint density at radius 2 is 2.07 bits per heavy atom. The van der Waals surface area contributed by atoms with E-state index in [9.17, 15) is 13.2 Å². The number of carbonyl (C=O) groups is 1. The Balaban J connectivity index is 1.68. The van der Waals surface area contributed by atoms with E-state index in [1.165, 1.54) is 22.3 Å². The van der Waals surface area contributed by atoms with Gasteiger partial charge in [-0.1, -0.05) is 19.1 Å². The van der Waals surface area contributed by atoms with E-state index in [1.807, 2.05) is 6.92 Å². The summed E-state index contributed by atoms with van der Waals surface area (Å²) in [6.07, 6.45) is 4.76. The van der Waals surface area contributed by atoms with Gasteiger partial charge in [-0.3, -0.25) is 10.1 Å². The monoisotopic (exact) mass is 416 g/mol. The average molecular weight is 417 g/mol. The molecule has 1 aromatic carbocycles. The number of hydrogen-bond acceptors (Lipinski definition) is 6. The third-order valence-corrected chi connectivity index (χ3v) is 6.97. The molecule has 0 fully saturated rings. The van der Waals surface area contributed by atoms with E-state index in [1.54, 1.807) is 24.3 Å². The third kappa shape index (κ3) is 3.49. The van der Waals surface area contributed by atoms with Gasteiger partial charge in [0.25, 0.3) is 5.91 Å². The number of benzene rings is 1. The third-order valence-electron chi connectivity index (χ3n) is 4.74. The molecule has 0 radical (unpaired) electrons.